The topological polar surface area (TPSA) is 29.3 Å². The van der Waals surface area contributed by atoms with Crippen molar-refractivity contribution in [3.63, 3.8) is 0 Å². The molecule has 0 spiro atoms. The summed E-state index contributed by atoms with van der Waals surface area (Å²) >= 11 is 0. The number of hydrogen-bond donors (Lipinski definition) is 1. The fourth-order valence-corrected chi connectivity index (χ4v) is 2.87. The minimum absolute atomic E-state index is 0.0949. The van der Waals surface area contributed by atoms with Crippen LogP contribution in [0.4, 0.5) is 0 Å². The van der Waals surface area contributed by atoms with Gasteiger partial charge in [0.25, 0.3) is 0 Å². The first-order valence-corrected chi connectivity index (χ1v) is 4.82. The molecule has 2 fully saturated rings. The molecule has 0 amide bonds. The van der Waals surface area contributed by atoms with Crippen LogP contribution in [0.2, 0.25) is 0 Å². The molecule has 2 nitrogen and oxygen atoms in total. The van der Waals surface area contributed by atoms with Crippen molar-refractivity contribution in [2.75, 3.05) is 6.54 Å². The highest BCUT2D eigenvalue weighted by Gasteiger charge is 2.44. The quantitative estimate of drug-likeness (QED) is 0.617. The molecule has 2 atom stereocenters. The van der Waals surface area contributed by atoms with Crippen molar-refractivity contribution >= 4 is 0 Å². The van der Waals surface area contributed by atoms with Gasteiger partial charge in [0, 0.05) is 6.04 Å². The molecule has 11 heavy (non-hydrogen) atoms. The molecule has 0 aromatic rings. The zero-order valence-corrected chi connectivity index (χ0v) is 7.34. The van der Waals surface area contributed by atoms with E-state index in [1.165, 1.54) is 32.1 Å². The first-order valence-electron chi connectivity index (χ1n) is 4.82. The average molecular weight is 154 g/mol. The summed E-state index contributed by atoms with van der Waals surface area (Å²) in [6, 6.07) is 0.818. The summed E-state index contributed by atoms with van der Waals surface area (Å²) < 4.78 is 0. The van der Waals surface area contributed by atoms with Crippen LogP contribution in [0.25, 0.3) is 0 Å². The average Bonchev–Trinajstić information content (AvgIpc) is 2.16. The van der Waals surface area contributed by atoms with Crippen LogP contribution in [-0.4, -0.2) is 23.1 Å². The van der Waals surface area contributed by atoms with E-state index in [1.807, 2.05) is 0 Å². The van der Waals surface area contributed by atoms with E-state index in [-0.39, 0.29) is 5.66 Å². The molecule has 2 saturated heterocycles. The first kappa shape index (κ1) is 7.56. The van der Waals surface area contributed by atoms with Gasteiger partial charge in [-0.05, 0) is 38.6 Å². The number of fused-ring (bicyclic) bond motifs is 2. The monoisotopic (exact) mass is 154 g/mol. The second-order valence-electron chi connectivity index (χ2n) is 3.97. The van der Waals surface area contributed by atoms with Crippen molar-refractivity contribution in [1.29, 1.82) is 0 Å². The largest absolute Gasteiger partial charge is 0.313 e. The Morgan fingerprint density at radius 1 is 1.45 bits per heavy atom. The molecular formula is C9H18N2. The summed E-state index contributed by atoms with van der Waals surface area (Å²) in [5.74, 6) is 0. The van der Waals surface area contributed by atoms with Crippen LogP contribution in [-0.2, 0) is 0 Å². The summed E-state index contributed by atoms with van der Waals surface area (Å²) in [5, 5.41) is 0. The molecule has 0 aromatic heterocycles. The van der Waals surface area contributed by atoms with Gasteiger partial charge in [0.1, 0.15) is 0 Å². The van der Waals surface area contributed by atoms with E-state index >= 15 is 0 Å². The Morgan fingerprint density at radius 3 is 2.82 bits per heavy atom. The van der Waals surface area contributed by atoms with Gasteiger partial charge in [-0.2, -0.15) is 0 Å². The molecule has 0 aromatic carbocycles. The van der Waals surface area contributed by atoms with Gasteiger partial charge in [0.2, 0.25) is 0 Å². The van der Waals surface area contributed by atoms with Crippen molar-refractivity contribution < 1.29 is 0 Å². The highest BCUT2D eigenvalue weighted by Crippen LogP contribution is 2.39. The standard InChI is InChI=1S/C9H18N2/c1-2-11-8-4-3-6-9(11,10)7-5-8/h8H,2-7,10H2,1H3/t8-,9+/m0/s1. The van der Waals surface area contributed by atoms with Crippen molar-refractivity contribution in [1.82, 2.24) is 4.90 Å². The highest BCUT2D eigenvalue weighted by molar-refractivity contribution is 4.99. The highest BCUT2D eigenvalue weighted by atomic mass is 15.3. The molecule has 2 aliphatic heterocycles. The van der Waals surface area contributed by atoms with Crippen LogP contribution >= 0.6 is 0 Å². The molecule has 2 heterocycles. The third-order valence-corrected chi connectivity index (χ3v) is 3.41. The summed E-state index contributed by atoms with van der Waals surface area (Å²) in [5.41, 5.74) is 6.38. The van der Waals surface area contributed by atoms with Gasteiger partial charge >= 0.3 is 0 Å². The zero-order chi connectivity index (χ0) is 7.90. The van der Waals surface area contributed by atoms with Crippen LogP contribution in [0.5, 0.6) is 0 Å². The zero-order valence-electron chi connectivity index (χ0n) is 7.34. The SMILES string of the molecule is CCN1[C@H]2CCC[C@]1(N)CC2. The number of rotatable bonds is 1. The Hall–Kier alpha value is -0.0800. The smallest absolute Gasteiger partial charge is 0.0690 e. The number of nitrogens with zero attached hydrogens (tertiary/aromatic N) is 1. The molecule has 0 unspecified atom stereocenters. The maximum atomic E-state index is 6.28. The van der Waals surface area contributed by atoms with Crippen LogP contribution in [0.1, 0.15) is 39.0 Å². The van der Waals surface area contributed by atoms with Gasteiger partial charge in [-0.3, -0.25) is 4.90 Å². The summed E-state index contributed by atoms with van der Waals surface area (Å²) in [6.45, 7) is 3.37. The van der Waals surface area contributed by atoms with E-state index in [2.05, 4.69) is 11.8 Å². The lowest BCUT2D eigenvalue weighted by Gasteiger charge is -2.41. The van der Waals surface area contributed by atoms with E-state index in [9.17, 15) is 0 Å². The third kappa shape index (κ3) is 1.00. The lowest BCUT2D eigenvalue weighted by atomic mass is 9.98. The molecule has 0 radical (unpaired) electrons. The van der Waals surface area contributed by atoms with E-state index in [4.69, 9.17) is 5.73 Å². The Morgan fingerprint density at radius 2 is 2.27 bits per heavy atom. The first-order chi connectivity index (χ1) is 5.26. The fourth-order valence-electron chi connectivity index (χ4n) is 2.87. The van der Waals surface area contributed by atoms with Crippen molar-refractivity contribution in [3.05, 3.63) is 0 Å². The number of hydrogen-bond acceptors (Lipinski definition) is 2. The fraction of sp³-hybridized carbons (Fsp3) is 1.00. The lowest BCUT2D eigenvalue weighted by Crippen LogP contribution is -2.56. The Kier molecular flexibility index (Phi) is 1.69. The van der Waals surface area contributed by atoms with Gasteiger partial charge < -0.3 is 5.73 Å². The van der Waals surface area contributed by atoms with Crippen molar-refractivity contribution in [2.45, 2.75) is 50.7 Å². The van der Waals surface area contributed by atoms with Gasteiger partial charge in [-0.25, -0.2) is 0 Å². The van der Waals surface area contributed by atoms with Crippen LogP contribution < -0.4 is 5.73 Å². The summed E-state index contributed by atoms with van der Waals surface area (Å²) in [6.07, 6.45) is 6.51. The second kappa shape index (κ2) is 2.46. The predicted molar refractivity (Wildman–Crippen MR) is 46.2 cm³/mol. The molecule has 2 rings (SSSR count). The van der Waals surface area contributed by atoms with E-state index < -0.39 is 0 Å². The maximum Gasteiger partial charge on any atom is 0.0690 e. The number of piperidine rings is 1. The maximum absolute atomic E-state index is 6.28. The Balaban J connectivity index is 2.18. The minimum Gasteiger partial charge on any atom is -0.313 e. The van der Waals surface area contributed by atoms with Crippen LogP contribution in [0, 0.1) is 0 Å². The van der Waals surface area contributed by atoms with Crippen molar-refractivity contribution in [2.24, 2.45) is 5.73 Å². The third-order valence-electron chi connectivity index (χ3n) is 3.41. The Labute approximate surface area is 68.7 Å². The van der Waals surface area contributed by atoms with E-state index in [0.29, 0.717) is 0 Å². The lowest BCUT2D eigenvalue weighted by molar-refractivity contribution is 0.0640. The molecule has 0 saturated carbocycles. The summed E-state index contributed by atoms with van der Waals surface area (Å²) in [7, 11) is 0. The van der Waals surface area contributed by atoms with Gasteiger partial charge in [0.05, 0.1) is 5.66 Å². The van der Waals surface area contributed by atoms with Crippen LogP contribution in [0.3, 0.4) is 0 Å². The predicted octanol–water partition coefficient (Wildman–Crippen LogP) is 1.31. The Bertz CT molecular complexity index is 154. The molecule has 2 heteroatoms. The van der Waals surface area contributed by atoms with Crippen molar-refractivity contribution in [3.8, 4) is 0 Å². The van der Waals surface area contributed by atoms with Gasteiger partial charge in [-0.15, -0.1) is 0 Å². The van der Waals surface area contributed by atoms with E-state index in [0.717, 1.165) is 12.6 Å². The van der Waals surface area contributed by atoms with Gasteiger partial charge in [-0.1, -0.05) is 6.92 Å². The minimum atomic E-state index is 0.0949. The molecule has 64 valence electrons. The normalized spacial score (nSPS) is 44.7. The van der Waals surface area contributed by atoms with E-state index in [1.54, 1.807) is 0 Å². The molecular weight excluding hydrogens is 136 g/mol. The second-order valence-corrected chi connectivity index (χ2v) is 3.97. The summed E-state index contributed by atoms with van der Waals surface area (Å²) in [4.78, 5) is 2.51. The van der Waals surface area contributed by atoms with Gasteiger partial charge in [0.15, 0.2) is 0 Å². The molecule has 0 aliphatic carbocycles. The molecule has 2 aliphatic rings. The number of nitrogens with two attached hydrogens (primary N) is 1. The molecule has 2 N–H and O–H groups in total. The molecule has 2 bridgehead atoms. The van der Waals surface area contributed by atoms with Crippen LogP contribution in [0.15, 0.2) is 0 Å².